The molecule has 2 N–H and O–H groups in total. The van der Waals surface area contributed by atoms with Crippen molar-refractivity contribution in [3.05, 3.63) is 73.9 Å². The number of fused-ring (bicyclic) bond motifs is 1. The van der Waals surface area contributed by atoms with Crippen LogP contribution in [0.25, 0.3) is 11.1 Å². The Morgan fingerprint density at radius 1 is 1.17 bits per heavy atom. The van der Waals surface area contributed by atoms with Crippen molar-refractivity contribution in [1.29, 1.82) is 0 Å². The Bertz CT molecular complexity index is 1200. The molecule has 0 spiro atoms. The fourth-order valence-corrected chi connectivity index (χ4v) is 5.82. The van der Waals surface area contributed by atoms with Crippen molar-refractivity contribution in [1.82, 2.24) is 4.57 Å². The smallest absolute Gasteiger partial charge is 0.271 e. The maximum absolute atomic E-state index is 13.2. The van der Waals surface area contributed by atoms with Gasteiger partial charge in [-0.3, -0.25) is 9.36 Å². The molecule has 1 aliphatic rings. The van der Waals surface area contributed by atoms with Gasteiger partial charge in [0.1, 0.15) is 14.2 Å². The summed E-state index contributed by atoms with van der Waals surface area (Å²) in [5.41, 5.74) is 8.01. The van der Waals surface area contributed by atoms with Crippen LogP contribution in [0.1, 0.15) is 12.6 Å². The first-order chi connectivity index (χ1) is 13.6. The summed E-state index contributed by atoms with van der Waals surface area (Å²) < 4.78 is 5.71. The number of aromatic nitrogens is 2. The molecule has 0 saturated heterocycles. The van der Waals surface area contributed by atoms with Crippen molar-refractivity contribution in [3.8, 4) is 0 Å². The minimum atomic E-state index is 0. The van der Waals surface area contributed by atoms with Gasteiger partial charge in [0, 0.05) is 36.7 Å². The molecule has 1 aromatic carbocycles. The van der Waals surface area contributed by atoms with E-state index in [9.17, 15) is 4.79 Å². The molecule has 4 rings (SSSR count). The molecule has 0 atom stereocenters. The van der Waals surface area contributed by atoms with Crippen molar-refractivity contribution in [2.45, 2.75) is 24.9 Å². The molecule has 3 aromatic rings. The second-order valence-electron chi connectivity index (χ2n) is 6.50. The Hall–Kier alpha value is -2.06. The Labute approximate surface area is 184 Å². The van der Waals surface area contributed by atoms with Gasteiger partial charge in [0.15, 0.2) is 12.7 Å². The number of nitrogens with zero attached hydrogens (tertiary/aromatic N) is 3. The van der Waals surface area contributed by atoms with Gasteiger partial charge in [-0.2, -0.15) is 4.57 Å². The molecule has 0 saturated carbocycles. The van der Waals surface area contributed by atoms with Crippen LogP contribution in [0.15, 0.2) is 58.4 Å². The molecule has 0 radical (unpaired) electrons. The maximum atomic E-state index is 13.2. The summed E-state index contributed by atoms with van der Waals surface area (Å²) in [6.45, 7) is 3.97. The van der Waals surface area contributed by atoms with Crippen LogP contribution in [0, 0.1) is 0 Å². The second kappa shape index (κ2) is 9.17. The van der Waals surface area contributed by atoms with Crippen molar-refractivity contribution in [2.24, 2.45) is 5.73 Å². The number of rotatable bonds is 4. The molecule has 0 aliphatic carbocycles. The average Bonchev–Trinajstić information content (AvgIpc) is 3.20. The summed E-state index contributed by atoms with van der Waals surface area (Å²) in [6, 6.07) is 14.3. The molecule has 152 valence electrons. The van der Waals surface area contributed by atoms with E-state index in [4.69, 9.17) is 5.73 Å². The predicted molar refractivity (Wildman–Crippen MR) is 117 cm³/mol. The number of thiazole rings is 1. The lowest BCUT2D eigenvalue weighted by molar-refractivity contribution is -0.696. The molecule has 1 aliphatic heterocycles. The second-order valence-corrected chi connectivity index (χ2v) is 8.57. The van der Waals surface area contributed by atoms with E-state index in [0.717, 1.165) is 32.2 Å². The molecule has 2 aromatic heterocycles. The summed E-state index contributed by atoms with van der Waals surface area (Å²) in [7, 11) is 2.03. The van der Waals surface area contributed by atoms with E-state index in [-0.39, 0.29) is 18.0 Å². The topological polar surface area (TPSA) is 55.1 Å². The standard InChI is InChI=1S/C21H23N4OS2.ClH/c1-3-25-18(14-15-8-6-7-12-24(15)13-11-22)28-19(20(25)26)21-23(2)16-9-4-5-10-17(16)27-21;/h4-10,12,14H,3,11,13,22H2,1-2H3;1H/q+1;/p-1. The van der Waals surface area contributed by atoms with Gasteiger partial charge in [0.25, 0.3) is 5.56 Å². The minimum absolute atomic E-state index is 0. The third-order valence-corrected chi connectivity index (χ3v) is 7.26. The molecule has 5 nitrogen and oxygen atoms in total. The predicted octanol–water partition coefficient (Wildman–Crippen LogP) is -1.68. The zero-order valence-electron chi connectivity index (χ0n) is 16.3. The first kappa shape index (κ1) is 21.6. The Balaban J connectivity index is 0.00000240. The van der Waals surface area contributed by atoms with Gasteiger partial charge in [0.2, 0.25) is 5.69 Å². The summed E-state index contributed by atoms with van der Waals surface area (Å²) in [5, 5.41) is 1.00. The number of thioether (sulfide) groups is 1. The molecule has 3 heterocycles. The molecule has 8 heteroatoms. The minimum Gasteiger partial charge on any atom is -1.00 e. The highest BCUT2D eigenvalue weighted by Crippen LogP contribution is 2.44. The summed E-state index contributed by atoms with van der Waals surface area (Å²) in [6.07, 6.45) is 4.11. The first-order valence-electron chi connectivity index (χ1n) is 9.29. The lowest BCUT2D eigenvalue weighted by Gasteiger charge is -2.11. The van der Waals surface area contributed by atoms with Crippen molar-refractivity contribution < 1.29 is 17.0 Å². The van der Waals surface area contributed by atoms with E-state index in [2.05, 4.69) is 33.7 Å². The van der Waals surface area contributed by atoms with Crippen LogP contribution in [0.4, 0.5) is 5.69 Å². The normalized spacial score (nSPS) is 15.4. The SMILES string of the molecule is CCn1c(=O)c(=C2Sc3ccccc3N2C)s/c1=C\c1cccc[n+]1CCN.[Cl-]. The molecular formula is C21H23ClN4OS2. The summed E-state index contributed by atoms with van der Waals surface area (Å²) in [4.78, 5) is 16.5. The van der Waals surface area contributed by atoms with Crippen LogP contribution >= 0.6 is 23.1 Å². The largest absolute Gasteiger partial charge is 1.00 e. The van der Waals surface area contributed by atoms with Crippen molar-refractivity contribution >= 4 is 39.9 Å². The number of benzene rings is 1. The van der Waals surface area contributed by atoms with Gasteiger partial charge in [-0.15, -0.1) is 11.3 Å². The molecule has 0 bridgehead atoms. The highest BCUT2D eigenvalue weighted by atomic mass is 35.5. The lowest BCUT2D eigenvalue weighted by Crippen LogP contribution is -3.00. The average molecular weight is 447 g/mol. The Morgan fingerprint density at radius 3 is 2.66 bits per heavy atom. The van der Waals surface area contributed by atoms with Gasteiger partial charge < -0.3 is 23.0 Å². The van der Waals surface area contributed by atoms with Gasteiger partial charge in [-0.1, -0.05) is 23.9 Å². The Morgan fingerprint density at radius 2 is 1.93 bits per heavy atom. The van der Waals surface area contributed by atoms with Crippen LogP contribution in [0.2, 0.25) is 0 Å². The zero-order chi connectivity index (χ0) is 19.7. The molecular weight excluding hydrogens is 424 g/mol. The highest BCUT2D eigenvalue weighted by molar-refractivity contribution is 8.08. The van der Waals surface area contributed by atoms with Crippen LogP contribution in [-0.2, 0) is 13.1 Å². The third-order valence-electron chi connectivity index (χ3n) is 4.78. The van der Waals surface area contributed by atoms with E-state index in [0.29, 0.717) is 13.1 Å². The molecule has 29 heavy (non-hydrogen) atoms. The van der Waals surface area contributed by atoms with Crippen LogP contribution < -0.4 is 42.4 Å². The number of hydrogen-bond acceptors (Lipinski definition) is 5. The van der Waals surface area contributed by atoms with E-state index < -0.39 is 0 Å². The lowest BCUT2D eigenvalue weighted by atomic mass is 10.3. The van der Waals surface area contributed by atoms with E-state index >= 15 is 0 Å². The van der Waals surface area contributed by atoms with Crippen LogP contribution in [-0.4, -0.2) is 18.2 Å². The van der Waals surface area contributed by atoms with E-state index in [1.807, 2.05) is 49.0 Å². The molecule has 0 amide bonds. The van der Waals surface area contributed by atoms with E-state index in [1.165, 1.54) is 4.90 Å². The van der Waals surface area contributed by atoms with E-state index in [1.54, 1.807) is 23.1 Å². The summed E-state index contributed by atoms with van der Waals surface area (Å²) >= 11 is 3.22. The van der Waals surface area contributed by atoms with Gasteiger partial charge >= 0.3 is 0 Å². The summed E-state index contributed by atoms with van der Waals surface area (Å²) in [5.74, 6) is 0. The number of para-hydroxylation sites is 1. The monoisotopic (exact) mass is 446 g/mol. The number of anilines is 1. The Kier molecular flexibility index (Phi) is 6.85. The van der Waals surface area contributed by atoms with Crippen molar-refractivity contribution in [2.75, 3.05) is 18.5 Å². The number of pyridine rings is 1. The maximum Gasteiger partial charge on any atom is 0.271 e. The molecule has 0 unspecified atom stereocenters. The van der Waals surface area contributed by atoms with Gasteiger partial charge in [-0.05, 0) is 25.1 Å². The number of hydrogen-bond donors (Lipinski definition) is 1. The van der Waals surface area contributed by atoms with Gasteiger partial charge in [0.05, 0.1) is 12.2 Å². The number of halogens is 1. The zero-order valence-corrected chi connectivity index (χ0v) is 18.7. The third kappa shape index (κ3) is 4.00. The quantitative estimate of drug-likeness (QED) is 0.486. The first-order valence-corrected chi connectivity index (χ1v) is 10.9. The fraction of sp³-hybridized carbons (Fsp3) is 0.238. The van der Waals surface area contributed by atoms with Gasteiger partial charge in [-0.25, -0.2) is 0 Å². The van der Waals surface area contributed by atoms with Crippen LogP contribution in [0.3, 0.4) is 0 Å². The number of nitrogens with two attached hydrogens (primary N) is 1. The highest BCUT2D eigenvalue weighted by Gasteiger charge is 2.24. The van der Waals surface area contributed by atoms with Crippen molar-refractivity contribution in [3.63, 3.8) is 0 Å². The molecule has 0 fully saturated rings. The van der Waals surface area contributed by atoms with Crippen LogP contribution in [0.5, 0.6) is 0 Å². The fourth-order valence-electron chi connectivity index (χ4n) is 3.36.